The Morgan fingerprint density at radius 1 is 1.26 bits per heavy atom. The van der Waals surface area contributed by atoms with E-state index in [0.717, 1.165) is 10.2 Å². The van der Waals surface area contributed by atoms with Crippen LogP contribution in [0.5, 0.6) is 5.75 Å². The molecule has 1 heterocycles. The van der Waals surface area contributed by atoms with Crippen LogP contribution in [0.1, 0.15) is 17.3 Å². The van der Waals surface area contributed by atoms with Gasteiger partial charge in [-0.2, -0.15) is 4.99 Å². The lowest BCUT2D eigenvalue weighted by atomic mass is 10.2. The molecule has 0 saturated heterocycles. The first kappa shape index (κ1) is 19.9. The maximum absolute atomic E-state index is 12.8. The number of carbonyl (C=O) groups excluding carboxylic acids is 1. The summed E-state index contributed by atoms with van der Waals surface area (Å²) in [5.41, 5.74) is 1.19. The highest BCUT2D eigenvalue weighted by atomic mass is 35.5. The van der Waals surface area contributed by atoms with Crippen LogP contribution in [0.25, 0.3) is 10.2 Å². The average Bonchev–Trinajstić information content (AvgIpc) is 2.99. The van der Waals surface area contributed by atoms with E-state index in [2.05, 4.69) is 4.99 Å². The van der Waals surface area contributed by atoms with Crippen LogP contribution < -0.4 is 9.54 Å². The summed E-state index contributed by atoms with van der Waals surface area (Å²) in [5.74, 6) is 0.0979. The fraction of sp³-hybridized carbons (Fsp3) is 0.263. The Morgan fingerprint density at radius 3 is 2.78 bits per heavy atom. The van der Waals surface area contributed by atoms with E-state index >= 15 is 0 Å². The maximum Gasteiger partial charge on any atom is 0.283 e. The molecule has 0 aliphatic heterocycles. The zero-order valence-corrected chi connectivity index (χ0v) is 17.2. The Kier molecular flexibility index (Phi) is 6.55. The molecule has 0 spiro atoms. The van der Waals surface area contributed by atoms with Crippen LogP contribution in [0.3, 0.4) is 0 Å². The van der Waals surface area contributed by atoms with Crippen molar-refractivity contribution in [2.24, 2.45) is 4.99 Å². The zero-order valence-electron chi connectivity index (χ0n) is 14.9. The van der Waals surface area contributed by atoms with E-state index < -0.39 is 0 Å². The number of nitrogens with zero attached hydrogens (tertiary/aromatic N) is 2. The molecular weight excluding hydrogens is 407 g/mol. The van der Waals surface area contributed by atoms with Crippen LogP contribution in [0.2, 0.25) is 10.0 Å². The molecule has 0 aliphatic rings. The molecule has 3 aromatic rings. The molecule has 0 aliphatic carbocycles. The van der Waals surface area contributed by atoms with E-state index in [-0.39, 0.29) is 5.91 Å². The number of thiazole rings is 1. The van der Waals surface area contributed by atoms with Crippen molar-refractivity contribution in [3.8, 4) is 5.75 Å². The van der Waals surface area contributed by atoms with Crippen LogP contribution >= 0.6 is 34.5 Å². The molecule has 2 aromatic carbocycles. The average molecular weight is 425 g/mol. The zero-order chi connectivity index (χ0) is 19.4. The second-order valence-corrected chi connectivity index (χ2v) is 7.44. The first-order valence-electron chi connectivity index (χ1n) is 8.33. The highest BCUT2D eigenvalue weighted by Crippen LogP contribution is 2.30. The van der Waals surface area contributed by atoms with Crippen molar-refractivity contribution in [2.45, 2.75) is 13.5 Å². The molecule has 0 saturated carbocycles. The Hall–Kier alpha value is -1.86. The van der Waals surface area contributed by atoms with Gasteiger partial charge in [0.05, 0.1) is 34.5 Å². The van der Waals surface area contributed by atoms with Crippen LogP contribution in [-0.4, -0.2) is 30.8 Å². The number of rotatable bonds is 6. The van der Waals surface area contributed by atoms with E-state index in [1.54, 1.807) is 30.3 Å². The van der Waals surface area contributed by atoms with Crippen LogP contribution in [0, 0.1) is 0 Å². The highest BCUT2D eigenvalue weighted by Gasteiger charge is 2.15. The Bertz CT molecular complexity index is 1040. The van der Waals surface area contributed by atoms with E-state index in [9.17, 15) is 4.79 Å². The van der Waals surface area contributed by atoms with Gasteiger partial charge in [-0.1, -0.05) is 46.7 Å². The van der Waals surface area contributed by atoms with E-state index in [0.29, 0.717) is 45.9 Å². The third kappa shape index (κ3) is 4.35. The number of fused-ring (bicyclic) bond motifs is 1. The topological polar surface area (TPSA) is 52.8 Å². The van der Waals surface area contributed by atoms with E-state index in [4.69, 9.17) is 32.7 Å². The molecule has 0 bridgehead atoms. The van der Waals surface area contributed by atoms with Crippen molar-refractivity contribution < 1.29 is 14.3 Å². The molecule has 0 atom stereocenters. The monoisotopic (exact) mass is 424 g/mol. The summed E-state index contributed by atoms with van der Waals surface area (Å²) < 4.78 is 13.5. The largest absolute Gasteiger partial charge is 0.496 e. The number of benzene rings is 2. The smallest absolute Gasteiger partial charge is 0.283 e. The molecule has 1 aromatic heterocycles. The van der Waals surface area contributed by atoms with Gasteiger partial charge >= 0.3 is 0 Å². The van der Waals surface area contributed by atoms with Gasteiger partial charge in [0.1, 0.15) is 5.75 Å². The lowest BCUT2D eigenvalue weighted by Crippen LogP contribution is -2.20. The molecule has 0 N–H and O–H groups in total. The first-order chi connectivity index (χ1) is 13.0. The molecule has 0 fully saturated rings. The number of halogens is 2. The van der Waals surface area contributed by atoms with Gasteiger partial charge in [0.15, 0.2) is 4.80 Å². The molecule has 8 heteroatoms. The fourth-order valence-electron chi connectivity index (χ4n) is 2.69. The summed E-state index contributed by atoms with van der Waals surface area (Å²) in [6.07, 6.45) is 0. The number of aromatic nitrogens is 1. The van der Waals surface area contributed by atoms with Gasteiger partial charge in [0, 0.05) is 18.2 Å². The lowest BCUT2D eigenvalue weighted by Gasteiger charge is -2.07. The predicted molar refractivity (Wildman–Crippen MR) is 109 cm³/mol. The predicted octanol–water partition coefficient (Wildman–Crippen LogP) is 4.80. The minimum atomic E-state index is -0.383. The lowest BCUT2D eigenvalue weighted by molar-refractivity contribution is 0.0993. The highest BCUT2D eigenvalue weighted by molar-refractivity contribution is 7.16. The summed E-state index contributed by atoms with van der Waals surface area (Å²) in [7, 11) is 1.52. The minimum Gasteiger partial charge on any atom is -0.496 e. The fourth-order valence-corrected chi connectivity index (χ4v) is 4.53. The van der Waals surface area contributed by atoms with Crippen molar-refractivity contribution in [1.29, 1.82) is 0 Å². The van der Waals surface area contributed by atoms with Crippen LogP contribution in [0.15, 0.2) is 41.4 Å². The van der Waals surface area contributed by atoms with Crippen LogP contribution in [0.4, 0.5) is 0 Å². The van der Waals surface area contributed by atoms with Gasteiger partial charge in [-0.3, -0.25) is 4.79 Å². The van der Waals surface area contributed by atoms with Gasteiger partial charge in [-0.25, -0.2) is 0 Å². The first-order valence-corrected chi connectivity index (χ1v) is 9.90. The summed E-state index contributed by atoms with van der Waals surface area (Å²) in [4.78, 5) is 17.6. The SMILES string of the molecule is CCOCCn1c(=NC(=O)c2ccccc2OC)sc2cc(Cl)cc(Cl)c21. The number of para-hydroxylation sites is 1. The second-order valence-electron chi connectivity index (χ2n) is 5.58. The number of hydrogen-bond donors (Lipinski definition) is 0. The Balaban J connectivity index is 2.14. The van der Waals surface area contributed by atoms with Crippen molar-refractivity contribution in [3.63, 3.8) is 0 Å². The standard InChI is InChI=1S/C19H18Cl2N2O3S/c1-3-26-9-8-23-17-14(21)10-12(20)11-16(17)27-19(23)22-18(24)13-6-4-5-7-15(13)25-2/h4-7,10-11H,3,8-9H2,1-2H3. The molecule has 5 nitrogen and oxygen atoms in total. The quantitative estimate of drug-likeness (QED) is 0.534. The summed E-state index contributed by atoms with van der Waals surface area (Å²) in [5, 5.41) is 1.05. The molecule has 142 valence electrons. The van der Waals surface area contributed by atoms with Crippen molar-refractivity contribution in [2.75, 3.05) is 20.3 Å². The van der Waals surface area contributed by atoms with Gasteiger partial charge in [-0.05, 0) is 31.2 Å². The van der Waals surface area contributed by atoms with Crippen molar-refractivity contribution in [1.82, 2.24) is 4.57 Å². The van der Waals surface area contributed by atoms with Crippen molar-refractivity contribution in [3.05, 3.63) is 56.8 Å². The number of amides is 1. The number of hydrogen-bond acceptors (Lipinski definition) is 4. The molecule has 1 amide bonds. The minimum absolute atomic E-state index is 0.383. The van der Waals surface area contributed by atoms with Gasteiger partial charge in [-0.15, -0.1) is 0 Å². The maximum atomic E-state index is 12.8. The van der Waals surface area contributed by atoms with E-state index in [1.807, 2.05) is 17.6 Å². The Morgan fingerprint density at radius 2 is 2.04 bits per heavy atom. The van der Waals surface area contributed by atoms with Crippen LogP contribution in [-0.2, 0) is 11.3 Å². The molecule has 0 unspecified atom stereocenters. The molecule has 27 heavy (non-hydrogen) atoms. The molecule has 0 radical (unpaired) electrons. The third-order valence-corrected chi connectivity index (χ3v) is 5.42. The number of carbonyl (C=O) groups is 1. The van der Waals surface area contributed by atoms with Gasteiger partial charge in [0.25, 0.3) is 5.91 Å². The van der Waals surface area contributed by atoms with Crippen molar-refractivity contribution >= 4 is 50.7 Å². The Labute approximate surface area is 170 Å². The summed E-state index contributed by atoms with van der Waals surface area (Å²) >= 11 is 13.9. The number of methoxy groups -OCH3 is 1. The van der Waals surface area contributed by atoms with Gasteiger partial charge < -0.3 is 14.0 Å². The summed E-state index contributed by atoms with van der Waals surface area (Å²) in [6, 6.07) is 10.5. The second kappa shape index (κ2) is 8.89. The van der Waals surface area contributed by atoms with Gasteiger partial charge in [0.2, 0.25) is 0 Å². The van der Waals surface area contributed by atoms with E-state index in [1.165, 1.54) is 18.4 Å². The normalized spacial score (nSPS) is 11.9. The molecular formula is C19H18Cl2N2O3S. The number of ether oxygens (including phenoxy) is 2. The summed E-state index contributed by atoms with van der Waals surface area (Å²) in [6.45, 7) is 3.54. The third-order valence-electron chi connectivity index (χ3n) is 3.89. The molecule has 3 rings (SSSR count).